The molecule has 0 unspecified atom stereocenters. The Bertz CT molecular complexity index is 991. The molecule has 3 N–H and O–H groups in total. The molecule has 1 saturated heterocycles. The summed E-state index contributed by atoms with van der Waals surface area (Å²) in [5.41, 5.74) is 8.80. The van der Waals surface area contributed by atoms with Gasteiger partial charge in [-0.05, 0) is 93.4 Å². The van der Waals surface area contributed by atoms with Gasteiger partial charge in [0.25, 0.3) is 0 Å². The first kappa shape index (κ1) is 24.7. The number of hydrogen-bond acceptors (Lipinski definition) is 3. The third-order valence-corrected chi connectivity index (χ3v) is 8.25. The van der Waals surface area contributed by atoms with Gasteiger partial charge in [0.2, 0.25) is 5.91 Å². The van der Waals surface area contributed by atoms with Crippen LogP contribution in [0.3, 0.4) is 0 Å². The van der Waals surface area contributed by atoms with Crippen LogP contribution in [-0.4, -0.2) is 29.9 Å². The lowest BCUT2D eigenvalue weighted by atomic mass is 9.82. The van der Waals surface area contributed by atoms with Crippen LogP contribution in [0.4, 0.5) is 5.69 Å². The van der Waals surface area contributed by atoms with Crippen LogP contribution in [0.2, 0.25) is 15.1 Å². The second-order valence-corrected chi connectivity index (χ2v) is 10.8. The van der Waals surface area contributed by atoms with Crippen LogP contribution < -0.4 is 11.1 Å². The zero-order valence-corrected chi connectivity index (χ0v) is 21.3. The summed E-state index contributed by atoms with van der Waals surface area (Å²) in [5, 5.41) is 5.50. The van der Waals surface area contributed by atoms with Crippen LogP contribution in [0.25, 0.3) is 0 Å². The summed E-state index contributed by atoms with van der Waals surface area (Å²) in [7, 11) is 0. The van der Waals surface area contributed by atoms with Gasteiger partial charge in [-0.25, -0.2) is 0 Å². The van der Waals surface area contributed by atoms with E-state index >= 15 is 0 Å². The maximum atomic E-state index is 11.7. The van der Waals surface area contributed by atoms with Crippen molar-refractivity contribution >= 4 is 46.4 Å². The van der Waals surface area contributed by atoms with Crippen molar-refractivity contribution in [1.82, 2.24) is 4.90 Å². The third-order valence-electron chi connectivity index (χ3n) is 7.36. The highest BCUT2D eigenvalue weighted by atomic mass is 35.5. The molecular formula is C26H32Cl3N3O. The Kier molecular flexibility index (Phi) is 8.11. The number of piperidine rings is 1. The molecule has 2 aromatic carbocycles. The van der Waals surface area contributed by atoms with E-state index in [4.69, 9.17) is 40.5 Å². The fourth-order valence-electron chi connectivity index (χ4n) is 5.42. The maximum Gasteiger partial charge on any atom is 0.220 e. The zero-order chi connectivity index (χ0) is 23.5. The number of carbonyl (C=O) groups is 1. The number of anilines is 1. The highest BCUT2D eigenvalue weighted by Gasteiger charge is 2.32. The molecule has 0 bridgehead atoms. The first-order valence-corrected chi connectivity index (χ1v) is 13.0. The molecule has 4 nitrogen and oxygen atoms in total. The van der Waals surface area contributed by atoms with Gasteiger partial charge in [0.05, 0.1) is 16.8 Å². The molecule has 0 spiro atoms. The van der Waals surface area contributed by atoms with Gasteiger partial charge in [-0.3, -0.25) is 4.79 Å². The number of amides is 1. The first-order valence-electron chi connectivity index (χ1n) is 11.9. The van der Waals surface area contributed by atoms with E-state index in [2.05, 4.69) is 29.3 Å². The van der Waals surface area contributed by atoms with E-state index in [-0.39, 0.29) is 17.9 Å². The second-order valence-electron chi connectivity index (χ2n) is 9.50. The number of rotatable bonds is 6. The van der Waals surface area contributed by atoms with E-state index < -0.39 is 0 Å². The van der Waals surface area contributed by atoms with Crippen molar-refractivity contribution in [3.8, 4) is 0 Å². The number of nitrogens with zero attached hydrogens (tertiary/aromatic N) is 1. The zero-order valence-electron chi connectivity index (χ0n) is 19.0. The third kappa shape index (κ3) is 5.97. The molecule has 1 aliphatic heterocycles. The van der Waals surface area contributed by atoms with E-state index in [1.807, 2.05) is 18.2 Å². The number of halogens is 3. The van der Waals surface area contributed by atoms with Crippen LogP contribution in [0.1, 0.15) is 68.5 Å². The van der Waals surface area contributed by atoms with Gasteiger partial charge >= 0.3 is 0 Å². The lowest BCUT2D eigenvalue weighted by Crippen LogP contribution is -2.45. The molecule has 0 radical (unpaired) electrons. The van der Waals surface area contributed by atoms with Crippen molar-refractivity contribution in [1.29, 1.82) is 0 Å². The standard InChI is InChI=1S/C26H32Cl3N3O/c1-16(22-7-6-20(27)15-24(22)29)31-25-14-18(5-8-23(25)28)17-9-11-32(12-10-17)21-4-2-3-19(13-21)26(30)33/h5-8,14-17,19,21,31H,2-4,9-13H2,1H3,(H2,30,33)/t16-,19-,21-/m1/s1. The van der Waals surface area contributed by atoms with Gasteiger partial charge < -0.3 is 16.0 Å². The molecule has 3 atom stereocenters. The Hall–Kier alpha value is -1.46. The molecule has 33 heavy (non-hydrogen) atoms. The van der Waals surface area contributed by atoms with Crippen molar-refractivity contribution in [2.45, 2.75) is 63.5 Å². The summed E-state index contributed by atoms with van der Waals surface area (Å²) in [4.78, 5) is 14.2. The number of nitrogens with two attached hydrogens (primary N) is 1. The fourth-order valence-corrected chi connectivity index (χ4v) is 6.17. The number of likely N-dealkylation sites (tertiary alicyclic amines) is 1. The summed E-state index contributed by atoms with van der Waals surface area (Å²) in [6.07, 6.45) is 6.35. The number of carbonyl (C=O) groups excluding carboxylic acids is 1. The van der Waals surface area contributed by atoms with Crippen LogP contribution in [0.5, 0.6) is 0 Å². The number of primary amides is 1. The summed E-state index contributed by atoms with van der Waals surface area (Å²) in [6, 6.07) is 12.4. The van der Waals surface area contributed by atoms with Crippen LogP contribution in [0, 0.1) is 5.92 Å². The van der Waals surface area contributed by atoms with E-state index in [9.17, 15) is 4.79 Å². The molecule has 4 rings (SSSR count). The van der Waals surface area contributed by atoms with E-state index in [1.54, 1.807) is 6.07 Å². The van der Waals surface area contributed by atoms with E-state index in [0.29, 0.717) is 27.0 Å². The molecule has 7 heteroatoms. The molecule has 1 amide bonds. The Labute approximate surface area is 211 Å². The molecule has 2 aliphatic rings. The minimum absolute atomic E-state index is 0.00568. The van der Waals surface area contributed by atoms with Crippen LogP contribution >= 0.6 is 34.8 Å². The largest absolute Gasteiger partial charge is 0.377 e. The smallest absolute Gasteiger partial charge is 0.220 e. The molecule has 2 aromatic rings. The summed E-state index contributed by atoms with van der Waals surface area (Å²) >= 11 is 19.0. The lowest BCUT2D eigenvalue weighted by molar-refractivity contribution is -0.123. The SMILES string of the molecule is C[C@@H](Nc1cc(C2CCN([C@@H]3CCC[C@@H](C(N)=O)C3)CC2)ccc1Cl)c1ccc(Cl)cc1Cl. The van der Waals surface area contributed by atoms with Gasteiger partial charge in [0.1, 0.15) is 0 Å². The monoisotopic (exact) mass is 507 g/mol. The Morgan fingerprint density at radius 3 is 2.48 bits per heavy atom. The normalized spacial score (nSPS) is 23.3. The van der Waals surface area contributed by atoms with Crippen molar-refractivity contribution in [3.05, 3.63) is 62.6 Å². The van der Waals surface area contributed by atoms with Crippen LogP contribution in [-0.2, 0) is 4.79 Å². The Morgan fingerprint density at radius 2 is 1.79 bits per heavy atom. The number of benzene rings is 2. The van der Waals surface area contributed by atoms with Crippen molar-refractivity contribution < 1.29 is 4.79 Å². The summed E-state index contributed by atoms with van der Waals surface area (Å²) in [6.45, 7) is 4.19. The molecule has 1 aliphatic carbocycles. The predicted octanol–water partition coefficient (Wildman–Crippen LogP) is 7.04. The molecular weight excluding hydrogens is 477 g/mol. The number of hydrogen-bond donors (Lipinski definition) is 2. The van der Waals surface area contributed by atoms with Crippen molar-refractivity contribution in [2.24, 2.45) is 11.7 Å². The topological polar surface area (TPSA) is 58.4 Å². The average molecular weight is 509 g/mol. The quantitative estimate of drug-likeness (QED) is 0.440. The fraction of sp³-hybridized carbons (Fsp3) is 0.500. The van der Waals surface area contributed by atoms with Crippen molar-refractivity contribution in [3.63, 3.8) is 0 Å². The lowest BCUT2D eigenvalue weighted by Gasteiger charge is -2.41. The molecule has 1 saturated carbocycles. The number of nitrogens with one attached hydrogen (secondary N) is 1. The van der Waals surface area contributed by atoms with Crippen LogP contribution in [0.15, 0.2) is 36.4 Å². The van der Waals surface area contributed by atoms with Gasteiger partial charge in [-0.15, -0.1) is 0 Å². The minimum atomic E-state index is -0.134. The van der Waals surface area contributed by atoms with Crippen molar-refractivity contribution in [2.75, 3.05) is 18.4 Å². The van der Waals surface area contributed by atoms with E-state index in [1.165, 1.54) is 12.0 Å². The summed E-state index contributed by atoms with van der Waals surface area (Å²) < 4.78 is 0. The Balaban J connectivity index is 1.39. The van der Waals surface area contributed by atoms with Gasteiger partial charge in [-0.1, -0.05) is 53.4 Å². The van der Waals surface area contributed by atoms with Gasteiger partial charge in [0, 0.05) is 22.0 Å². The molecule has 2 fully saturated rings. The maximum absolute atomic E-state index is 11.7. The summed E-state index contributed by atoms with van der Waals surface area (Å²) in [5.74, 6) is 0.413. The molecule has 178 valence electrons. The molecule has 1 heterocycles. The highest BCUT2D eigenvalue weighted by molar-refractivity contribution is 6.35. The Morgan fingerprint density at radius 1 is 1.03 bits per heavy atom. The predicted molar refractivity (Wildman–Crippen MR) is 138 cm³/mol. The second kappa shape index (κ2) is 10.9. The first-order chi connectivity index (χ1) is 15.8. The van der Waals surface area contributed by atoms with Gasteiger partial charge in [0.15, 0.2) is 0 Å². The van der Waals surface area contributed by atoms with E-state index in [0.717, 1.165) is 56.4 Å². The average Bonchev–Trinajstić information content (AvgIpc) is 2.80. The highest BCUT2D eigenvalue weighted by Crippen LogP contribution is 2.37. The molecule has 0 aromatic heterocycles. The van der Waals surface area contributed by atoms with Gasteiger partial charge in [-0.2, -0.15) is 0 Å². The minimum Gasteiger partial charge on any atom is -0.377 e.